The van der Waals surface area contributed by atoms with Crippen LogP contribution in [0.4, 0.5) is 4.39 Å². The summed E-state index contributed by atoms with van der Waals surface area (Å²) in [5.41, 5.74) is 4.97. The van der Waals surface area contributed by atoms with Crippen molar-refractivity contribution in [3.8, 4) is 0 Å². The molecule has 3 heteroatoms. The molecule has 21 heavy (non-hydrogen) atoms. The van der Waals surface area contributed by atoms with E-state index in [4.69, 9.17) is 11.6 Å². The quantitative estimate of drug-likeness (QED) is 0.679. The molecule has 110 valence electrons. The lowest BCUT2D eigenvalue weighted by Gasteiger charge is -2.13. The summed E-state index contributed by atoms with van der Waals surface area (Å²) >= 11 is 6.04. The van der Waals surface area contributed by atoms with Gasteiger partial charge in [-0.2, -0.15) is 0 Å². The molecule has 1 nitrogen and oxygen atoms in total. The number of allylic oxidation sites excluding steroid dienone is 7. The van der Waals surface area contributed by atoms with Crippen LogP contribution in [0.3, 0.4) is 0 Å². The van der Waals surface area contributed by atoms with Crippen LogP contribution in [0.5, 0.6) is 0 Å². The maximum atomic E-state index is 13.6. The Kier molecular flexibility index (Phi) is 5.13. The average Bonchev–Trinajstić information content (AvgIpc) is 2.67. The molecule has 0 saturated heterocycles. The van der Waals surface area contributed by atoms with E-state index >= 15 is 0 Å². The second-order valence-corrected chi connectivity index (χ2v) is 5.53. The van der Waals surface area contributed by atoms with Gasteiger partial charge in [0.05, 0.1) is 5.69 Å². The van der Waals surface area contributed by atoms with E-state index in [1.54, 1.807) is 13.1 Å². The Labute approximate surface area is 130 Å². The first-order valence-corrected chi connectivity index (χ1v) is 7.47. The highest BCUT2D eigenvalue weighted by Crippen LogP contribution is 2.29. The molecule has 0 fully saturated rings. The van der Waals surface area contributed by atoms with Crippen molar-refractivity contribution < 1.29 is 4.39 Å². The largest absolute Gasteiger partial charge is 0.256 e. The van der Waals surface area contributed by atoms with E-state index in [1.807, 2.05) is 32.1 Å². The van der Waals surface area contributed by atoms with E-state index in [0.29, 0.717) is 12.1 Å². The predicted octanol–water partition coefficient (Wildman–Crippen LogP) is 5.88. The van der Waals surface area contributed by atoms with E-state index in [0.717, 1.165) is 33.7 Å². The van der Waals surface area contributed by atoms with Crippen molar-refractivity contribution in [1.82, 2.24) is 4.98 Å². The lowest BCUT2D eigenvalue weighted by molar-refractivity contribution is 0.612. The molecule has 1 aliphatic carbocycles. The van der Waals surface area contributed by atoms with Crippen LogP contribution < -0.4 is 0 Å². The van der Waals surface area contributed by atoms with Gasteiger partial charge in [0.1, 0.15) is 5.83 Å². The third-order valence-electron chi connectivity index (χ3n) is 3.54. The monoisotopic (exact) mass is 303 g/mol. The zero-order chi connectivity index (χ0) is 15.4. The van der Waals surface area contributed by atoms with Gasteiger partial charge in [-0.05, 0) is 61.1 Å². The third-order valence-corrected chi connectivity index (χ3v) is 3.82. The molecule has 1 aromatic rings. The smallest absolute Gasteiger partial charge is 0.102 e. The van der Waals surface area contributed by atoms with Crippen molar-refractivity contribution >= 4 is 23.3 Å². The van der Waals surface area contributed by atoms with Gasteiger partial charge >= 0.3 is 0 Å². The van der Waals surface area contributed by atoms with Crippen LogP contribution in [0, 0.1) is 13.8 Å². The summed E-state index contributed by atoms with van der Waals surface area (Å²) in [6, 6.07) is 0. The van der Waals surface area contributed by atoms with Crippen LogP contribution in [0.1, 0.15) is 42.1 Å². The lowest BCUT2D eigenvalue weighted by Crippen LogP contribution is -1.98. The molecule has 0 atom stereocenters. The molecule has 0 unspecified atom stereocenters. The second kappa shape index (κ2) is 6.86. The number of hydrogen-bond acceptors (Lipinski definition) is 1. The minimum absolute atomic E-state index is 0.157. The lowest BCUT2D eigenvalue weighted by atomic mass is 9.94. The van der Waals surface area contributed by atoms with Crippen molar-refractivity contribution in [1.29, 1.82) is 0 Å². The molecular weight excluding hydrogens is 285 g/mol. The molecule has 0 spiro atoms. The Morgan fingerprint density at radius 1 is 1.33 bits per heavy atom. The minimum atomic E-state index is -0.157. The SMILES string of the molecule is CC/C(F)=C\c1ncc(C)c(C2=CCC=C(Cl)C=C2)c1C. The molecule has 0 aromatic carbocycles. The Morgan fingerprint density at radius 3 is 2.81 bits per heavy atom. The normalized spacial score (nSPS) is 15.6. The summed E-state index contributed by atoms with van der Waals surface area (Å²) in [5.74, 6) is -0.157. The molecule has 0 amide bonds. The fourth-order valence-electron chi connectivity index (χ4n) is 2.38. The van der Waals surface area contributed by atoms with Gasteiger partial charge in [0.2, 0.25) is 0 Å². The summed E-state index contributed by atoms with van der Waals surface area (Å²) in [4.78, 5) is 4.35. The zero-order valence-corrected chi connectivity index (χ0v) is 13.3. The zero-order valence-electron chi connectivity index (χ0n) is 12.6. The first kappa shape index (κ1) is 15.7. The maximum Gasteiger partial charge on any atom is 0.102 e. The Balaban J connectivity index is 2.52. The molecular formula is C18H19ClFN. The van der Waals surface area contributed by atoms with E-state index in [-0.39, 0.29) is 5.83 Å². The van der Waals surface area contributed by atoms with Crippen LogP contribution in [0.15, 0.2) is 41.4 Å². The van der Waals surface area contributed by atoms with E-state index < -0.39 is 0 Å². The van der Waals surface area contributed by atoms with E-state index in [2.05, 4.69) is 11.1 Å². The summed E-state index contributed by atoms with van der Waals surface area (Å²) in [6.07, 6.45) is 12.5. The molecule has 1 heterocycles. The fourth-order valence-corrected chi connectivity index (χ4v) is 2.53. The van der Waals surface area contributed by atoms with Gasteiger partial charge in [0.25, 0.3) is 0 Å². The summed E-state index contributed by atoms with van der Waals surface area (Å²) in [7, 11) is 0. The van der Waals surface area contributed by atoms with Gasteiger partial charge in [0, 0.05) is 11.2 Å². The molecule has 0 saturated carbocycles. The highest BCUT2D eigenvalue weighted by atomic mass is 35.5. The number of nitrogens with zero attached hydrogens (tertiary/aromatic N) is 1. The Morgan fingerprint density at radius 2 is 2.10 bits per heavy atom. The molecule has 0 N–H and O–H groups in total. The maximum absolute atomic E-state index is 13.6. The topological polar surface area (TPSA) is 12.9 Å². The standard InChI is InChI=1S/C18H19ClFN/c1-4-16(20)10-17-13(3)18(12(2)11-21-17)14-6-5-7-15(19)9-8-14/h6-11H,4-5H2,1-3H3/b16-10+. The Bertz CT molecular complexity index is 666. The van der Waals surface area contributed by atoms with Crippen molar-refractivity contribution in [2.45, 2.75) is 33.6 Å². The minimum Gasteiger partial charge on any atom is -0.256 e. The van der Waals surface area contributed by atoms with Crippen LogP contribution in [0.25, 0.3) is 11.6 Å². The van der Waals surface area contributed by atoms with Crippen LogP contribution in [-0.4, -0.2) is 4.98 Å². The number of hydrogen-bond donors (Lipinski definition) is 0. The summed E-state index contributed by atoms with van der Waals surface area (Å²) in [6.45, 7) is 5.80. The average molecular weight is 304 g/mol. The molecule has 0 bridgehead atoms. The van der Waals surface area contributed by atoms with Crippen molar-refractivity contribution in [2.24, 2.45) is 0 Å². The van der Waals surface area contributed by atoms with Gasteiger partial charge in [-0.25, -0.2) is 4.39 Å². The molecule has 2 rings (SSSR count). The van der Waals surface area contributed by atoms with Crippen LogP contribution in [0.2, 0.25) is 0 Å². The van der Waals surface area contributed by atoms with Gasteiger partial charge < -0.3 is 0 Å². The first-order chi connectivity index (χ1) is 10.0. The van der Waals surface area contributed by atoms with Crippen molar-refractivity contribution in [3.63, 3.8) is 0 Å². The Hall–Kier alpha value is -1.67. The number of pyridine rings is 1. The highest BCUT2D eigenvalue weighted by Gasteiger charge is 2.12. The summed E-state index contributed by atoms with van der Waals surface area (Å²) < 4.78 is 13.6. The highest BCUT2D eigenvalue weighted by molar-refractivity contribution is 6.31. The molecule has 0 radical (unpaired) electrons. The molecule has 1 aromatic heterocycles. The second-order valence-electron chi connectivity index (χ2n) is 5.09. The van der Waals surface area contributed by atoms with Crippen LogP contribution in [-0.2, 0) is 0 Å². The number of rotatable bonds is 3. The first-order valence-electron chi connectivity index (χ1n) is 7.09. The van der Waals surface area contributed by atoms with Crippen LogP contribution >= 0.6 is 11.6 Å². The molecule has 1 aliphatic rings. The van der Waals surface area contributed by atoms with Crippen molar-refractivity contribution in [3.05, 3.63) is 63.7 Å². The summed E-state index contributed by atoms with van der Waals surface area (Å²) in [5, 5.41) is 0.739. The number of halogens is 2. The van der Waals surface area contributed by atoms with E-state index in [9.17, 15) is 4.39 Å². The van der Waals surface area contributed by atoms with Crippen molar-refractivity contribution in [2.75, 3.05) is 0 Å². The van der Waals surface area contributed by atoms with Gasteiger partial charge in [-0.15, -0.1) is 0 Å². The molecule has 0 aliphatic heterocycles. The number of aromatic nitrogens is 1. The van der Waals surface area contributed by atoms with Gasteiger partial charge in [-0.1, -0.05) is 36.8 Å². The van der Waals surface area contributed by atoms with E-state index in [1.165, 1.54) is 6.08 Å². The number of aryl methyl sites for hydroxylation is 1. The third kappa shape index (κ3) is 3.70. The fraction of sp³-hybridized carbons (Fsp3) is 0.278. The predicted molar refractivity (Wildman–Crippen MR) is 88.8 cm³/mol. The van der Waals surface area contributed by atoms with Gasteiger partial charge in [-0.3, -0.25) is 4.98 Å². The van der Waals surface area contributed by atoms with Gasteiger partial charge in [0.15, 0.2) is 0 Å².